The summed E-state index contributed by atoms with van der Waals surface area (Å²) in [5, 5.41) is 2.87. The van der Waals surface area contributed by atoms with Crippen LogP contribution in [0.2, 0.25) is 0 Å². The molecule has 0 atom stereocenters. The van der Waals surface area contributed by atoms with Gasteiger partial charge in [0.05, 0.1) is 31.0 Å². The number of aryl methyl sites for hydroxylation is 1. The minimum atomic E-state index is -0.00407. The van der Waals surface area contributed by atoms with E-state index in [2.05, 4.69) is 35.3 Å². The molecule has 6 nitrogen and oxygen atoms in total. The number of nitrogens with one attached hydrogen (secondary N) is 1. The monoisotopic (exact) mass is 379 g/mol. The van der Waals surface area contributed by atoms with Crippen molar-refractivity contribution in [2.75, 3.05) is 18.0 Å². The van der Waals surface area contributed by atoms with Gasteiger partial charge in [0.25, 0.3) is 5.91 Å². The summed E-state index contributed by atoms with van der Waals surface area (Å²) in [6, 6.07) is 8.32. The van der Waals surface area contributed by atoms with Gasteiger partial charge in [-0.05, 0) is 41.3 Å². The summed E-state index contributed by atoms with van der Waals surface area (Å²) in [6.07, 6.45) is 3.02. The summed E-state index contributed by atoms with van der Waals surface area (Å²) in [7, 11) is 0. The van der Waals surface area contributed by atoms with E-state index in [9.17, 15) is 4.79 Å². The zero-order valence-electron chi connectivity index (χ0n) is 16.2. The number of hydrogen-bond acceptors (Lipinski definition) is 5. The number of nitrogens with zero attached hydrogens (tertiary/aromatic N) is 2. The largest absolute Gasteiger partial charge is 0.490 e. The quantitative estimate of drug-likeness (QED) is 0.885. The second-order valence-corrected chi connectivity index (χ2v) is 7.73. The number of hydrogen-bond donors (Lipinski definition) is 1. The maximum absolute atomic E-state index is 11.9. The number of rotatable bonds is 4. The Morgan fingerprint density at radius 2 is 2.04 bits per heavy atom. The number of ether oxygens (including phenoxy) is 2. The molecule has 146 valence electrons. The van der Waals surface area contributed by atoms with Crippen LogP contribution in [0.15, 0.2) is 24.3 Å². The smallest absolute Gasteiger partial charge is 0.253 e. The lowest BCUT2D eigenvalue weighted by atomic mass is 10.0. The van der Waals surface area contributed by atoms with Crippen LogP contribution < -0.4 is 15.0 Å². The number of pyridine rings is 1. The van der Waals surface area contributed by atoms with Crippen molar-refractivity contribution in [1.29, 1.82) is 0 Å². The van der Waals surface area contributed by atoms with Crippen LogP contribution >= 0.6 is 0 Å². The molecule has 0 spiro atoms. The van der Waals surface area contributed by atoms with Crippen molar-refractivity contribution in [1.82, 2.24) is 10.3 Å². The lowest BCUT2D eigenvalue weighted by molar-refractivity contribution is 0.0965. The summed E-state index contributed by atoms with van der Waals surface area (Å²) in [5.41, 5.74) is 5.27. The number of amides is 1. The number of piperidine rings is 1. The van der Waals surface area contributed by atoms with Gasteiger partial charge in [-0.2, -0.15) is 0 Å². The van der Waals surface area contributed by atoms with E-state index in [4.69, 9.17) is 14.5 Å². The van der Waals surface area contributed by atoms with Crippen LogP contribution in [0, 0.1) is 0 Å². The number of carbonyl (C=O) groups is 1. The Morgan fingerprint density at radius 1 is 1.21 bits per heavy atom. The van der Waals surface area contributed by atoms with Gasteiger partial charge in [0.1, 0.15) is 17.7 Å². The van der Waals surface area contributed by atoms with Crippen molar-refractivity contribution in [2.24, 2.45) is 0 Å². The average Bonchev–Trinajstić information content (AvgIpc) is 3.34. The molecule has 1 fully saturated rings. The van der Waals surface area contributed by atoms with Crippen molar-refractivity contribution in [3.63, 3.8) is 0 Å². The SMILES string of the molecule is CCc1cc2c(nc1N1CCC(Oc3ccc4c(c3)COC4)CC1)CNC2=O. The Kier molecular flexibility index (Phi) is 4.43. The molecule has 1 N–H and O–H groups in total. The fourth-order valence-electron chi connectivity index (χ4n) is 4.31. The third-order valence-electron chi connectivity index (χ3n) is 5.94. The van der Waals surface area contributed by atoms with E-state index in [0.29, 0.717) is 19.8 Å². The molecule has 0 saturated carbocycles. The van der Waals surface area contributed by atoms with E-state index in [1.165, 1.54) is 11.1 Å². The Morgan fingerprint density at radius 3 is 2.86 bits per heavy atom. The minimum absolute atomic E-state index is 0.00407. The van der Waals surface area contributed by atoms with Gasteiger partial charge in [-0.15, -0.1) is 0 Å². The van der Waals surface area contributed by atoms with Gasteiger partial charge in [0.15, 0.2) is 0 Å². The molecule has 2 aromatic rings. The molecule has 3 aliphatic rings. The standard InChI is InChI=1S/C22H25N3O3/c1-2-14-10-19-20(11-23-22(19)26)24-21(14)25-7-5-17(6-8-25)28-18-4-3-15-12-27-13-16(15)9-18/h3-4,9-10,17H,2,5-8,11-13H2,1H3,(H,23,26). The molecule has 6 heteroatoms. The zero-order valence-corrected chi connectivity index (χ0v) is 16.2. The lowest BCUT2D eigenvalue weighted by Gasteiger charge is -2.34. The first-order valence-electron chi connectivity index (χ1n) is 10.1. The number of carbonyl (C=O) groups excluding carboxylic acids is 1. The minimum Gasteiger partial charge on any atom is -0.490 e. The summed E-state index contributed by atoms with van der Waals surface area (Å²) in [4.78, 5) is 19.1. The van der Waals surface area contributed by atoms with Crippen LogP contribution in [-0.2, 0) is 30.9 Å². The first kappa shape index (κ1) is 17.5. The van der Waals surface area contributed by atoms with E-state index in [1.54, 1.807) is 0 Å². The Balaban J connectivity index is 1.27. The highest BCUT2D eigenvalue weighted by molar-refractivity contribution is 5.98. The van der Waals surface area contributed by atoms with Crippen LogP contribution in [-0.4, -0.2) is 30.1 Å². The first-order valence-corrected chi connectivity index (χ1v) is 10.1. The molecule has 1 saturated heterocycles. The predicted molar refractivity (Wildman–Crippen MR) is 106 cm³/mol. The van der Waals surface area contributed by atoms with Gasteiger partial charge < -0.3 is 19.7 Å². The van der Waals surface area contributed by atoms with Crippen molar-refractivity contribution >= 4 is 11.7 Å². The van der Waals surface area contributed by atoms with E-state index >= 15 is 0 Å². The van der Waals surface area contributed by atoms with Crippen molar-refractivity contribution in [3.8, 4) is 5.75 Å². The molecule has 0 aliphatic carbocycles. The highest BCUT2D eigenvalue weighted by Crippen LogP contribution is 2.30. The van der Waals surface area contributed by atoms with E-state index < -0.39 is 0 Å². The third kappa shape index (κ3) is 3.11. The molecular weight excluding hydrogens is 354 g/mol. The van der Waals surface area contributed by atoms with Crippen molar-refractivity contribution in [2.45, 2.75) is 52.0 Å². The number of benzene rings is 1. The molecule has 0 unspecified atom stereocenters. The molecule has 1 aromatic carbocycles. The normalized spacial score (nSPS) is 18.8. The molecule has 28 heavy (non-hydrogen) atoms. The van der Waals surface area contributed by atoms with Gasteiger partial charge in [0, 0.05) is 25.9 Å². The van der Waals surface area contributed by atoms with Gasteiger partial charge in [-0.1, -0.05) is 13.0 Å². The molecule has 3 aliphatic heterocycles. The highest BCUT2D eigenvalue weighted by atomic mass is 16.5. The molecule has 1 amide bonds. The van der Waals surface area contributed by atoms with Crippen LogP contribution in [0.5, 0.6) is 5.75 Å². The number of aromatic nitrogens is 1. The van der Waals surface area contributed by atoms with Crippen LogP contribution in [0.3, 0.4) is 0 Å². The maximum Gasteiger partial charge on any atom is 0.253 e. The molecule has 0 bridgehead atoms. The Hall–Kier alpha value is -2.60. The van der Waals surface area contributed by atoms with Crippen molar-refractivity contribution in [3.05, 3.63) is 52.2 Å². The van der Waals surface area contributed by atoms with E-state index in [1.807, 2.05) is 6.07 Å². The van der Waals surface area contributed by atoms with Crippen molar-refractivity contribution < 1.29 is 14.3 Å². The average molecular weight is 379 g/mol. The highest BCUT2D eigenvalue weighted by Gasteiger charge is 2.27. The van der Waals surface area contributed by atoms with E-state index in [-0.39, 0.29) is 12.0 Å². The second kappa shape index (κ2) is 7.09. The second-order valence-electron chi connectivity index (χ2n) is 7.73. The molecule has 4 heterocycles. The van der Waals surface area contributed by atoms with Gasteiger partial charge in [-0.25, -0.2) is 4.98 Å². The first-order chi connectivity index (χ1) is 13.7. The van der Waals surface area contributed by atoms with Crippen LogP contribution in [0.1, 0.15) is 52.5 Å². The number of fused-ring (bicyclic) bond motifs is 2. The Labute approximate surface area is 164 Å². The third-order valence-corrected chi connectivity index (χ3v) is 5.94. The summed E-state index contributed by atoms with van der Waals surface area (Å²) < 4.78 is 11.7. The molecular formula is C22H25N3O3. The van der Waals surface area contributed by atoms with Gasteiger partial charge in [0.2, 0.25) is 0 Å². The lowest BCUT2D eigenvalue weighted by Crippen LogP contribution is -2.39. The van der Waals surface area contributed by atoms with Gasteiger partial charge in [-0.3, -0.25) is 4.79 Å². The molecule has 1 aromatic heterocycles. The predicted octanol–water partition coefficient (Wildman–Crippen LogP) is 2.97. The molecule has 0 radical (unpaired) electrons. The van der Waals surface area contributed by atoms with Crippen LogP contribution in [0.4, 0.5) is 5.82 Å². The van der Waals surface area contributed by atoms with E-state index in [0.717, 1.165) is 60.7 Å². The summed E-state index contributed by atoms with van der Waals surface area (Å²) in [6.45, 7) is 5.88. The van der Waals surface area contributed by atoms with Gasteiger partial charge >= 0.3 is 0 Å². The topological polar surface area (TPSA) is 63.7 Å². The molecule has 5 rings (SSSR count). The fourth-order valence-corrected chi connectivity index (χ4v) is 4.31. The fraction of sp³-hybridized carbons (Fsp3) is 0.455. The van der Waals surface area contributed by atoms with Crippen LogP contribution in [0.25, 0.3) is 0 Å². The summed E-state index contributed by atoms with van der Waals surface area (Å²) in [5.74, 6) is 1.97. The number of anilines is 1. The maximum atomic E-state index is 11.9. The summed E-state index contributed by atoms with van der Waals surface area (Å²) >= 11 is 0. The zero-order chi connectivity index (χ0) is 19.1. The Bertz CT molecular complexity index is 919.